The third-order valence-corrected chi connectivity index (χ3v) is 4.13. The first-order valence-corrected chi connectivity index (χ1v) is 6.39. The minimum Gasteiger partial charge on any atom is -0.324 e. The molecule has 0 aromatic heterocycles. The second-order valence-corrected chi connectivity index (χ2v) is 5.12. The monoisotopic (exact) mass is 230 g/mol. The van der Waals surface area contributed by atoms with E-state index in [0.717, 1.165) is 24.3 Å². The van der Waals surface area contributed by atoms with Crippen molar-refractivity contribution < 1.29 is 4.79 Å². The predicted molar refractivity (Wildman–Crippen MR) is 67.8 cm³/mol. The maximum atomic E-state index is 12.3. The lowest BCUT2D eigenvalue weighted by atomic mass is 9.89. The van der Waals surface area contributed by atoms with Gasteiger partial charge >= 0.3 is 0 Å². The van der Waals surface area contributed by atoms with Crippen molar-refractivity contribution in [1.82, 2.24) is 4.90 Å². The number of para-hydroxylation sites is 1. The normalized spacial score (nSPS) is 28.9. The molecule has 1 amide bonds. The molecule has 3 nitrogen and oxygen atoms in total. The summed E-state index contributed by atoms with van der Waals surface area (Å²) in [6, 6.07) is 8.05. The van der Waals surface area contributed by atoms with Crippen molar-refractivity contribution in [2.75, 3.05) is 18.4 Å². The minimum absolute atomic E-state index is 0.126. The Labute approximate surface area is 102 Å². The van der Waals surface area contributed by atoms with E-state index < -0.39 is 5.54 Å². The summed E-state index contributed by atoms with van der Waals surface area (Å²) in [7, 11) is 0. The number of hydrogen-bond acceptors (Lipinski definition) is 2. The van der Waals surface area contributed by atoms with Crippen LogP contribution in [-0.2, 0) is 10.3 Å². The molecule has 1 fully saturated rings. The SMILES string of the molecule is CC1(N2CCCCC2)C(=O)Nc2ccccc21. The van der Waals surface area contributed by atoms with Crippen molar-refractivity contribution in [1.29, 1.82) is 0 Å². The van der Waals surface area contributed by atoms with Crippen LogP contribution in [0.1, 0.15) is 31.7 Å². The number of hydrogen-bond donors (Lipinski definition) is 1. The van der Waals surface area contributed by atoms with Gasteiger partial charge in [-0.15, -0.1) is 0 Å². The first-order valence-electron chi connectivity index (χ1n) is 6.39. The molecule has 1 aromatic carbocycles. The van der Waals surface area contributed by atoms with Crippen LogP contribution in [0.4, 0.5) is 5.69 Å². The van der Waals surface area contributed by atoms with Crippen molar-refractivity contribution in [3.05, 3.63) is 29.8 Å². The van der Waals surface area contributed by atoms with Crippen LogP contribution in [0.15, 0.2) is 24.3 Å². The van der Waals surface area contributed by atoms with Gasteiger partial charge in [0.2, 0.25) is 5.91 Å². The molecule has 0 radical (unpaired) electrons. The van der Waals surface area contributed by atoms with Crippen LogP contribution in [0.3, 0.4) is 0 Å². The molecule has 2 aliphatic heterocycles. The van der Waals surface area contributed by atoms with Gasteiger partial charge in [0.05, 0.1) is 0 Å². The molecular formula is C14H18N2O. The lowest BCUT2D eigenvalue weighted by molar-refractivity contribution is -0.127. The Bertz CT molecular complexity index is 451. The molecular weight excluding hydrogens is 212 g/mol. The van der Waals surface area contributed by atoms with Gasteiger partial charge in [-0.1, -0.05) is 24.6 Å². The van der Waals surface area contributed by atoms with E-state index in [1.54, 1.807) is 0 Å². The van der Waals surface area contributed by atoms with Gasteiger partial charge in [0.1, 0.15) is 5.54 Å². The summed E-state index contributed by atoms with van der Waals surface area (Å²) in [5, 5.41) is 3.00. The molecule has 3 heteroatoms. The number of benzene rings is 1. The number of carbonyl (C=O) groups excluding carboxylic acids is 1. The Morgan fingerprint density at radius 3 is 2.65 bits per heavy atom. The number of nitrogens with zero attached hydrogens (tertiary/aromatic N) is 1. The standard InChI is InChI=1S/C14H18N2O/c1-14(16-9-5-2-6-10-16)11-7-3-4-8-12(11)15-13(14)17/h3-4,7-8H,2,5-6,9-10H2,1H3,(H,15,17). The van der Waals surface area contributed by atoms with Gasteiger partial charge < -0.3 is 5.32 Å². The number of anilines is 1. The van der Waals surface area contributed by atoms with E-state index in [-0.39, 0.29) is 5.91 Å². The Balaban J connectivity index is 2.03. The number of rotatable bonds is 1. The zero-order valence-corrected chi connectivity index (χ0v) is 10.2. The zero-order valence-electron chi connectivity index (χ0n) is 10.2. The highest BCUT2D eigenvalue weighted by Gasteiger charge is 2.47. The smallest absolute Gasteiger partial charge is 0.249 e. The first kappa shape index (κ1) is 10.8. The highest BCUT2D eigenvalue weighted by atomic mass is 16.2. The second kappa shape index (κ2) is 3.84. The van der Waals surface area contributed by atoms with E-state index in [2.05, 4.69) is 23.2 Å². The molecule has 17 heavy (non-hydrogen) atoms. The molecule has 0 aliphatic carbocycles. The van der Waals surface area contributed by atoms with Crippen molar-refractivity contribution in [2.45, 2.75) is 31.7 Å². The van der Waals surface area contributed by atoms with Crippen molar-refractivity contribution in [2.24, 2.45) is 0 Å². The molecule has 2 heterocycles. The maximum absolute atomic E-state index is 12.3. The van der Waals surface area contributed by atoms with E-state index in [9.17, 15) is 4.79 Å². The number of fused-ring (bicyclic) bond motifs is 1. The lowest BCUT2D eigenvalue weighted by Crippen LogP contribution is -2.50. The number of nitrogens with one attached hydrogen (secondary N) is 1. The van der Waals surface area contributed by atoms with Crippen LogP contribution < -0.4 is 5.32 Å². The number of likely N-dealkylation sites (tertiary alicyclic amines) is 1. The van der Waals surface area contributed by atoms with Gasteiger partial charge in [0, 0.05) is 11.3 Å². The molecule has 0 bridgehead atoms. The summed E-state index contributed by atoms with van der Waals surface area (Å²) < 4.78 is 0. The molecule has 0 spiro atoms. The van der Waals surface area contributed by atoms with Crippen molar-refractivity contribution >= 4 is 11.6 Å². The largest absolute Gasteiger partial charge is 0.324 e. The van der Waals surface area contributed by atoms with Crippen LogP contribution in [-0.4, -0.2) is 23.9 Å². The molecule has 90 valence electrons. The van der Waals surface area contributed by atoms with Gasteiger partial charge in [0.15, 0.2) is 0 Å². The molecule has 1 saturated heterocycles. The Morgan fingerprint density at radius 1 is 1.18 bits per heavy atom. The molecule has 0 saturated carbocycles. The van der Waals surface area contributed by atoms with Crippen LogP contribution in [0.5, 0.6) is 0 Å². The summed E-state index contributed by atoms with van der Waals surface area (Å²) in [5.74, 6) is 0.126. The summed E-state index contributed by atoms with van der Waals surface area (Å²) in [5.41, 5.74) is 1.65. The van der Waals surface area contributed by atoms with E-state index in [4.69, 9.17) is 0 Å². The van der Waals surface area contributed by atoms with Gasteiger partial charge in [0.25, 0.3) is 0 Å². The number of piperidine rings is 1. The minimum atomic E-state index is -0.461. The molecule has 1 atom stereocenters. The predicted octanol–water partition coefficient (Wildman–Crippen LogP) is 2.34. The van der Waals surface area contributed by atoms with Crippen LogP contribution >= 0.6 is 0 Å². The Hall–Kier alpha value is -1.35. The fraction of sp³-hybridized carbons (Fsp3) is 0.500. The second-order valence-electron chi connectivity index (χ2n) is 5.12. The maximum Gasteiger partial charge on any atom is 0.249 e. The average Bonchev–Trinajstić information content (AvgIpc) is 2.64. The summed E-state index contributed by atoms with van der Waals surface area (Å²) in [6.45, 7) is 4.11. The fourth-order valence-corrected chi connectivity index (χ4v) is 3.04. The van der Waals surface area contributed by atoms with E-state index in [1.165, 1.54) is 19.3 Å². The van der Waals surface area contributed by atoms with Gasteiger partial charge in [-0.25, -0.2) is 0 Å². The van der Waals surface area contributed by atoms with Crippen LogP contribution in [0, 0.1) is 0 Å². The lowest BCUT2D eigenvalue weighted by Gasteiger charge is -2.39. The summed E-state index contributed by atoms with van der Waals surface area (Å²) >= 11 is 0. The zero-order chi connectivity index (χ0) is 11.9. The molecule has 3 rings (SSSR count). The number of carbonyl (C=O) groups is 1. The number of amides is 1. The highest BCUT2D eigenvalue weighted by molar-refractivity contribution is 6.05. The van der Waals surface area contributed by atoms with Crippen molar-refractivity contribution in [3.8, 4) is 0 Å². The van der Waals surface area contributed by atoms with E-state index >= 15 is 0 Å². The summed E-state index contributed by atoms with van der Waals surface area (Å²) in [4.78, 5) is 14.6. The average molecular weight is 230 g/mol. The topological polar surface area (TPSA) is 32.3 Å². The molecule has 1 N–H and O–H groups in total. The Morgan fingerprint density at radius 2 is 1.88 bits per heavy atom. The van der Waals surface area contributed by atoms with Gasteiger partial charge in [-0.05, 0) is 38.9 Å². The third-order valence-electron chi connectivity index (χ3n) is 4.13. The highest BCUT2D eigenvalue weighted by Crippen LogP contribution is 2.41. The summed E-state index contributed by atoms with van der Waals surface area (Å²) in [6.07, 6.45) is 3.69. The first-order chi connectivity index (χ1) is 8.23. The Kier molecular flexibility index (Phi) is 2.44. The van der Waals surface area contributed by atoms with Crippen LogP contribution in [0.25, 0.3) is 0 Å². The molecule has 1 aromatic rings. The van der Waals surface area contributed by atoms with E-state index in [1.807, 2.05) is 18.2 Å². The quantitative estimate of drug-likeness (QED) is 0.803. The van der Waals surface area contributed by atoms with Crippen LogP contribution in [0.2, 0.25) is 0 Å². The van der Waals surface area contributed by atoms with Gasteiger partial charge in [-0.2, -0.15) is 0 Å². The molecule has 1 unspecified atom stereocenters. The van der Waals surface area contributed by atoms with Gasteiger partial charge in [-0.3, -0.25) is 9.69 Å². The van der Waals surface area contributed by atoms with Crippen molar-refractivity contribution in [3.63, 3.8) is 0 Å². The molecule has 2 aliphatic rings. The van der Waals surface area contributed by atoms with E-state index in [0.29, 0.717) is 0 Å². The third kappa shape index (κ3) is 1.49. The fourth-order valence-electron chi connectivity index (χ4n) is 3.04.